The topological polar surface area (TPSA) is 39.1 Å². The Morgan fingerprint density at radius 1 is 1.45 bits per heavy atom. The van der Waals surface area contributed by atoms with Gasteiger partial charge < -0.3 is 14.6 Å². The lowest BCUT2D eigenvalue weighted by Gasteiger charge is -2.28. The van der Waals surface area contributed by atoms with Gasteiger partial charge in [-0.05, 0) is 25.5 Å². The first kappa shape index (κ1) is 13.2. The van der Waals surface area contributed by atoms with E-state index in [9.17, 15) is 0 Å². The Labute approximate surface area is 119 Å². The summed E-state index contributed by atoms with van der Waals surface area (Å²) in [5.74, 6) is 1.07. The Kier molecular flexibility index (Phi) is 4.02. The molecule has 0 saturated heterocycles. The molecule has 20 heavy (non-hydrogen) atoms. The highest BCUT2D eigenvalue weighted by atomic mass is 16.5. The zero-order valence-corrected chi connectivity index (χ0v) is 11.9. The predicted molar refractivity (Wildman–Crippen MR) is 78.9 cm³/mol. The molecule has 1 aromatic heterocycles. The second kappa shape index (κ2) is 6.09. The molecule has 3 rings (SSSR count). The molecule has 0 aliphatic carbocycles. The van der Waals surface area contributed by atoms with Crippen molar-refractivity contribution < 1.29 is 4.74 Å². The highest BCUT2D eigenvalue weighted by Crippen LogP contribution is 2.34. The Morgan fingerprint density at radius 3 is 3.25 bits per heavy atom. The van der Waals surface area contributed by atoms with Crippen LogP contribution in [0.3, 0.4) is 0 Å². The standard InChI is InChI=1S/C16H21N3O/c1-13-4-2-5-14-15(6-11-20-16(13)14)18-7-3-9-19-10-8-17-12-19/h2,4-5,8,10,12,15,18H,3,6-7,9,11H2,1H3. The number of nitrogens with one attached hydrogen (secondary N) is 1. The third-order valence-electron chi connectivity index (χ3n) is 3.81. The molecule has 0 spiro atoms. The number of aromatic nitrogens is 2. The second-order valence-electron chi connectivity index (χ2n) is 5.29. The molecule has 0 fully saturated rings. The number of nitrogens with zero attached hydrogens (tertiary/aromatic N) is 2. The van der Waals surface area contributed by atoms with Gasteiger partial charge in [-0.1, -0.05) is 18.2 Å². The summed E-state index contributed by atoms with van der Waals surface area (Å²) in [5, 5.41) is 3.65. The first-order valence-corrected chi connectivity index (χ1v) is 7.26. The Bertz CT molecular complexity index is 551. The average molecular weight is 271 g/mol. The zero-order chi connectivity index (χ0) is 13.8. The molecule has 1 aliphatic heterocycles. The fourth-order valence-corrected chi connectivity index (χ4v) is 2.75. The number of hydrogen-bond acceptors (Lipinski definition) is 3. The van der Waals surface area contributed by atoms with Crippen LogP contribution in [0.1, 0.15) is 30.0 Å². The highest BCUT2D eigenvalue weighted by Gasteiger charge is 2.21. The summed E-state index contributed by atoms with van der Waals surface area (Å²) in [6.07, 6.45) is 7.85. The largest absolute Gasteiger partial charge is 0.493 e. The van der Waals surface area contributed by atoms with E-state index in [1.54, 1.807) is 0 Å². The van der Waals surface area contributed by atoms with Crippen molar-refractivity contribution in [2.24, 2.45) is 0 Å². The van der Waals surface area contributed by atoms with Crippen LogP contribution in [0.4, 0.5) is 0 Å². The van der Waals surface area contributed by atoms with Crippen LogP contribution in [0.5, 0.6) is 5.75 Å². The van der Waals surface area contributed by atoms with Crippen molar-refractivity contribution in [3.05, 3.63) is 48.0 Å². The number of fused-ring (bicyclic) bond motifs is 1. The summed E-state index contributed by atoms with van der Waals surface area (Å²) < 4.78 is 7.91. The van der Waals surface area contributed by atoms with Crippen molar-refractivity contribution in [1.82, 2.24) is 14.9 Å². The smallest absolute Gasteiger partial charge is 0.126 e. The fourth-order valence-electron chi connectivity index (χ4n) is 2.75. The van der Waals surface area contributed by atoms with E-state index in [1.807, 2.05) is 18.7 Å². The molecule has 2 heterocycles. The lowest BCUT2D eigenvalue weighted by atomic mass is 9.98. The van der Waals surface area contributed by atoms with Crippen molar-refractivity contribution in [3.8, 4) is 5.75 Å². The van der Waals surface area contributed by atoms with Gasteiger partial charge in [-0.25, -0.2) is 4.98 Å². The van der Waals surface area contributed by atoms with Gasteiger partial charge in [-0.15, -0.1) is 0 Å². The highest BCUT2D eigenvalue weighted by molar-refractivity contribution is 5.43. The van der Waals surface area contributed by atoms with Crippen molar-refractivity contribution >= 4 is 0 Å². The van der Waals surface area contributed by atoms with Gasteiger partial charge >= 0.3 is 0 Å². The summed E-state index contributed by atoms with van der Waals surface area (Å²) in [4.78, 5) is 4.06. The number of para-hydroxylation sites is 1. The van der Waals surface area contributed by atoms with Crippen LogP contribution in [-0.2, 0) is 6.54 Å². The van der Waals surface area contributed by atoms with Gasteiger partial charge in [0.05, 0.1) is 12.9 Å². The van der Waals surface area contributed by atoms with Gasteiger partial charge in [0, 0.05) is 37.0 Å². The number of hydrogen-bond donors (Lipinski definition) is 1. The number of imidazole rings is 1. The van der Waals surface area contributed by atoms with E-state index in [-0.39, 0.29) is 0 Å². The maximum atomic E-state index is 5.80. The van der Waals surface area contributed by atoms with Crippen LogP contribution >= 0.6 is 0 Å². The SMILES string of the molecule is Cc1cccc2c1OCCC2NCCCn1ccnc1. The van der Waals surface area contributed by atoms with E-state index in [1.165, 1.54) is 11.1 Å². The van der Waals surface area contributed by atoms with Crippen molar-refractivity contribution in [3.63, 3.8) is 0 Å². The minimum absolute atomic E-state index is 0.418. The monoisotopic (exact) mass is 271 g/mol. The van der Waals surface area contributed by atoms with Crippen molar-refractivity contribution in [1.29, 1.82) is 0 Å². The Morgan fingerprint density at radius 2 is 2.40 bits per heavy atom. The summed E-state index contributed by atoms with van der Waals surface area (Å²) in [7, 11) is 0. The van der Waals surface area contributed by atoms with E-state index in [0.717, 1.165) is 38.3 Å². The molecule has 0 radical (unpaired) electrons. The molecule has 106 valence electrons. The van der Waals surface area contributed by atoms with Gasteiger partial charge in [-0.2, -0.15) is 0 Å². The van der Waals surface area contributed by atoms with Crippen LogP contribution in [0.25, 0.3) is 0 Å². The third-order valence-corrected chi connectivity index (χ3v) is 3.81. The number of benzene rings is 1. The summed E-state index contributed by atoms with van der Waals surface area (Å²) in [6, 6.07) is 6.82. The number of rotatable bonds is 5. The lowest BCUT2D eigenvalue weighted by Crippen LogP contribution is -2.28. The Balaban J connectivity index is 1.55. The minimum atomic E-state index is 0.418. The first-order chi connectivity index (χ1) is 9.84. The molecule has 0 amide bonds. The molecular formula is C16H21N3O. The van der Waals surface area contributed by atoms with Gasteiger partial charge in [0.15, 0.2) is 0 Å². The first-order valence-electron chi connectivity index (χ1n) is 7.26. The van der Waals surface area contributed by atoms with Crippen LogP contribution in [0, 0.1) is 6.92 Å². The van der Waals surface area contributed by atoms with Crippen LogP contribution in [-0.4, -0.2) is 22.7 Å². The normalized spacial score (nSPS) is 17.6. The molecule has 4 heteroatoms. The van der Waals surface area contributed by atoms with Crippen molar-refractivity contribution in [2.75, 3.05) is 13.2 Å². The molecular weight excluding hydrogens is 250 g/mol. The molecule has 2 aromatic rings. The zero-order valence-electron chi connectivity index (χ0n) is 11.9. The summed E-state index contributed by atoms with van der Waals surface area (Å²) in [6.45, 7) is 4.93. The van der Waals surface area contributed by atoms with E-state index < -0.39 is 0 Å². The summed E-state index contributed by atoms with van der Waals surface area (Å²) >= 11 is 0. The van der Waals surface area contributed by atoms with Crippen LogP contribution < -0.4 is 10.1 Å². The van der Waals surface area contributed by atoms with Gasteiger partial charge in [0.2, 0.25) is 0 Å². The molecule has 1 aromatic carbocycles. The third kappa shape index (κ3) is 2.85. The van der Waals surface area contributed by atoms with Gasteiger partial charge in [0.25, 0.3) is 0 Å². The lowest BCUT2D eigenvalue weighted by molar-refractivity contribution is 0.250. The molecule has 4 nitrogen and oxygen atoms in total. The Hall–Kier alpha value is -1.81. The number of aryl methyl sites for hydroxylation is 2. The summed E-state index contributed by atoms with van der Waals surface area (Å²) in [5.41, 5.74) is 2.53. The quantitative estimate of drug-likeness (QED) is 0.850. The van der Waals surface area contributed by atoms with E-state index in [0.29, 0.717) is 6.04 Å². The fraction of sp³-hybridized carbons (Fsp3) is 0.438. The molecule has 1 aliphatic rings. The van der Waals surface area contributed by atoms with Gasteiger partial charge in [0.1, 0.15) is 5.75 Å². The van der Waals surface area contributed by atoms with Gasteiger partial charge in [-0.3, -0.25) is 0 Å². The van der Waals surface area contributed by atoms with E-state index in [2.05, 4.69) is 40.0 Å². The molecule has 0 saturated carbocycles. The van der Waals surface area contributed by atoms with E-state index >= 15 is 0 Å². The predicted octanol–water partition coefficient (Wildman–Crippen LogP) is 2.70. The maximum Gasteiger partial charge on any atom is 0.126 e. The molecule has 1 atom stereocenters. The van der Waals surface area contributed by atoms with E-state index in [4.69, 9.17) is 4.74 Å². The number of ether oxygens (including phenoxy) is 1. The molecule has 1 N–H and O–H groups in total. The molecule has 1 unspecified atom stereocenters. The second-order valence-corrected chi connectivity index (χ2v) is 5.29. The maximum absolute atomic E-state index is 5.80. The van der Waals surface area contributed by atoms with Crippen LogP contribution in [0.2, 0.25) is 0 Å². The minimum Gasteiger partial charge on any atom is -0.493 e. The van der Waals surface area contributed by atoms with Crippen LogP contribution in [0.15, 0.2) is 36.9 Å². The average Bonchev–Trinajstić information content (AvgIpc) is 2.98. The molecule has 0 bridgehead atoms. The van der Waals surface area contributed by atoms with Crippen molar-refractivity contribution in [2.45, 2.75) is 32.4 Å².